The lowest BCUT2D eigenvalue weighted by Crippen LogP contribution is -2.63. The molecular formula is C20H22F7N5O4S. The molecule has 2 aliphatic heterocycles. The van der Waals surface area contributed by atoms with E-state index in [4.69, 9.17) is 19.8 Å². The van der Waals surface area contributed by atoms with Crippen molar-refractivity contribution in [3.63, 3.8) is 0 Å². The van der Waals surface area contributed by atoms with Gasteiger partial charge in [0.05, 0.1) is 23.1 Å². The van der Waals surface area contributed by atoms with Crippen LogP contribution in [0.5, 0.6) is 0 Å². The van der Waals surface area contributed by atoms with Gasteiger partial charge < -0.3 is 15.1 Å². The van der Waals surface area contributed by atoms with Crippen molar-refractivity contribution >= 4 is 29.2 Å². The molecule has 17 heteroatoms. The number of carbonyl (C=O) groups is 2. The first kappa shape index (κ1) is 30.1. The van der Waals surface area contributed by atoms with E-state index in [1.807, 2.05) is 0 Å². The Bertz CT molecular complexity index is 1030. The van der Waals surface area contributed by atoms with Crippen molar-refractivity contribution in [2.45, 2.75) is 50.6 Å². The molecule has 4 heterocycles. The second-order valence-electron chi connectivity index (χ2n) is 8.05. The third-order valence-corrected chi connectivity index (χ3v) is 6.43. The molecule has 1 spiro atoms. The Kier molecular flexibility index (Phi) is 9.76. The predicted molar refractivity (Wildman–Crippen MR) is 115 cm³/mol. The largest absolute Gasteiger partial charge is 0.490 e. The average Bonchev–Trinajstić information content (AvgIpc) is 3.22. The highest BCUT2D eigenvalue weighted by Crippen LogP contribution is 2.41. The number of hydrogen-bond donors (Lipinski definition) is 2. The first-order chi connectivity index (χ1) is 17.0. The topological polar surface area (TPSA) is 120 Å². The number of likely N-dealkylation sites (tertiary alicyclic amines) is 1. The van der Waals surface area contributed by atoms with Gasteiger partial charge in [0.1, 0.15) is 0 Å². The lowest BCUT2D eigenvalue weighted by molar-refractivity contribution is -0.193. The fourth-order valence-corrected chi connectivity index (χ4v) is 4.27. The van der Waals surface area contributed by atoms with Gasteiger partial charge in [0.25, 0.3) is 0 Å². The van der Waals surface area contributed by atoms with Crippen LogP contribution in [0.15, 0.2) is 17.8 Å². The van der Waals surface area contributed by atoms with Gasteiger partial charge in [0.2, 0.25) is 5.95 Å². The Morgan fingerprint density at radius 3 is 1.78 bits per heavy atom. The van der Waals surface area contributed by atoms with Crippen molar-refractivity contribution < 1.29 is 50.5 Å². The maximum atomic E-state index is 12.9. The lowest BCUT2D eigenvalue weighted by Gasteiger charge is -2.56. The Morgan fingerprint density at radius 1 is 0.973 bits per heavy atom. The Hall–Kier alpha value is -3.08. The third-order valence-electron chi connectivity index (χ3n) is 5.61. The summed E-state index contributed by atoms with van der Waals surface area (Å²) in [5, 5.41) is 17.6. The van der Waals surface area contributed by atoms with Crippen LogP contribution in [0, 0.1) is 12.7 Å². The molecule has 0 aliphatic carbocycles. The van der Waals surface area contributed by atoms with E-state index >= 15 is 0 Å². The lowest BCUT2D eigenvalue weighted by atomic mass is 9.76. The quantitative estimate of drug-likeness (QED) is 0.538. The normalized spacial score (nSPS) is 17.1. The molecule has 2 N–H and O–H groups in total. The van der Waals surface area contributed by atoms with Gasteiger partial charge >= 0.3 is 24.3 Å². The van der Waals surface area contributed by atoms with Gasteiger partial charge in [-0.05, 0) is 26.2 Å². The number of thiazole rings is 1. The van der Waals surface area contributed by atoms with Gasteiger partial charge in [-0.15, -0.1) is 11.3 Å². The molecule has 0 amide bonds. The number of carboxylic acids is 2. The molecule has 2 aromatic heterocycles. The SMILES string of the molecule is Cc1nc(CN2CCC23CCN(c2ncc(F)cn2)CC3)cs1.O=C(O)C(F)(F)F.O=C(O)C(F)(F)F. The van der Waals surface area contributed by atoms with Gasteiger partial charge in [-0.1, -0.05) is 0 Å². The van der Waals surface area contributed by atoms with Crippen LogP contribution in [0.4, 0.5) is 36.7 Å². The molecule has 2 fully saturated rings. The number of hydrogen-bond acceptors (Lipinski definition) is 8. The van der Waals surface area contributed by atoms with Crippen molar-refractivity contribution in [1.82, 2.24) is 19.9 Å². The van der Waals surface area contributed by atoms with Crippen LogP contribution in [0.2, 0.25) is 0 Å². The molecule has 0 atom stereocenters. The van der Waals surface area contributed by atoms with Crippen LogP contribution in [0.25, 0.3) is 0 Å². The number of aryl methyl sites for hydroxylation is 1. The maximum absolute atomic E-state index is 12.9. The summed E-state index contributed by atoms with van der Waals surface area (Å²) in [6.45, 7) is 6.03. The number of carboxylic acid groups (broad SMARTS) is 2. The minimum Gasteiger partial charge on any atom is -0.475 e. The molecule has 206 valence electrons. The molecule has 0 unspecified atom stereocenters. The molecule has 37 heavy (non-hydrogen) atoms. The van der Waals surface area contributed by atoms with Crippen molar-refractivity contribution in [3.05, 3.63) is 34.3 Å². The summed E-state index contributed by atoms with van der Waals surface area (Å²) in [4.78, 5) is 35.3. The van der Waals surface area contributed by atoms with Crippen LogP contribution in [-0.4, -0.2) is 79.5 Å². The van der Waals surface area contributed by atoms with Crippen LogP contribution in [0.3, 0.4) is 0 Å². The Morgan fingerprint density at radius 2 is 1.43 bits per heavy atom. The first-order valence-corrected chi connectivity index (χ1v) is 11.4. The molecule has 4 rings (SSSR count). The standard InChI is InChI=1S/C16H20FN5S.2C2HF3O2/c1-12-20-14(11-23-12)10-22-7-4-16(22)2-5-21(6-3-16)15-18-8-13(17)9-19-15;2*3-2(4,5)1(6)7/h8-9,11H,2-7,10H2,1H3;2*(H,6,7). The fraction of sp³-hybridized carbons (Fsp3) is 0.550. The molecular weight excluding hydrogens is 539 g/mol. The first-order valence-electron chi connectivity index (χ1n) is 10.5. The fourth-order valence-electron chi connectivity index (χ4n) is 3.67. The van der Waals surface area contributed by atoms with Crippen LogP contribution in [-0.2, 0) is 16.1 Å². The zero-order valence-electron chi connectivity index (χ0n) is 19.2. The molecule has 9 nitrogen and oxygen atoms in total. The highest BCUT2D eigenvalue weighted by Gasteiger charge is 2.46. The zero-order valence-corrected chi connectivity index (χ0v) is 20.0. The number of anilines is 1. The van der Waals surface area contributed by atoms with Gasteiger partial charge in [-0.25, -0.2) is 28.9 Å². The number of alkyl halides is 6. The summed E-state index contributed by atoms with van der Waals surface area (Å²) in [5.41, 5.74) is 1.50. The van der Waals surface area contributed by atoms with Crippen molar-refractivity contribution in [3.8, 4) is 0 Å². The van der Waals surface area contributed by atoms with E-state index in [0.29, 0.717) is 11.5 Å². The maximum Gasteiger partial charge on any atom is 0.490 e. The number of nitrogens with zero attached hydrogens (tertiary/aromatic N) is 5. The summed E-state index contributed by atoms with van der Waals surface area (Å²) in [6, 6.07) is 0. The van der Waals surface area contributed by atoms with Gasteiger partial charge in [-0.3, -0.25) is 4.90 Å². The number of piperidine rings is 1. The summed E-state index contributed by atoms with van der Waals surface area (Å²) < 4.78 is 76.4. The average molecular weight is 561 g/mol. The van der Waals surface area contributed by atoms with E-state index in [9.17, 15) is 30.7 Å². The molecule has 0 aromatic carbocycles. The van der Waals surface area contributed by atoms with Gasteiger partial charge in [0, 0.05) is 37.1 Å². The van der Waals surface area contributed by atoms with Crippen LogP contribution < -0.4 is 4.90 Å². The van der Waals surface area contributed by atoms with E-state index in [1.54, 1.807) is 11.3 Å². The number of rotatable bonds is 3. The third kappa shape index (κ3) is 8.77. The van der Waals surface area contributed by atoms with Crippen molar-refractivity contribution in [1.29, 1.82) is 0 Å². The highest BCUT2D eigenvalue weighted by atomic mass is 32.1. The second-order valence-corrected chi connectivity index (χ2v) is 9.11. The van der Waals surface area contributed by atoms with Crippen molar-refractivity contribution in [2.75, 3.05) is 24.5 Å². The van der Waals surface area contributed by atoms with E-state index in [0.717, 1.165) is 44.0 Å². The van der Waals surface area contributed by atoms with Crippen LogP contribution in [0.1, 0.15) is 30.0 Å². The molecule has 2 aliphatic rings. The number of halogens is 7. The van der Waals surface area contributed by atoms with E-state index in [2.05, 4.69) is 37.1 Å². The minimum atomic E-state index is -5.08. The summed E-state index contributed by atoms with van der Waals surface area (Å²) in [6.07, 6.45) is -4.21. The van der Waals surface area contributed by atoms with E-state index in [1.165, 1.54) is 24.5 Å². The van der Waals surface area contributed by atoms with E-state index in [-0.39, 0.29) is 5.82 Å². The highest BCUT2D eigenvalue weighted by molar-refractivity contribution is 7.09. The van der Waals surface area contributed by atoms with Crippen molar-refractivity contribution in [2.24, 2.45) is 0 Å². The van der Waals surface area contributed by atoms with E-state index < -0.39 is 24.3 Å². The molecule has 0 saturated carbocycles. The number of aliphatic carboxylic acids is 2. The summed E-state index contributed by atoms with van der Waals surface area (Å²) in [5.74, 6) is -5.26. The predicted octanol–water partition coefficient (Wildman–Crippen LogP) is 3.89. The molecule has 2 saturated heterocycles. The summed E-state index contributed by atoms with van der Waals surface area (Å²) >= 11 is 1.72. The zero-order chi connectivity index (χ0) is 28.0. The Balaban J connectivity index is 0.000000286. The van der Waals surface area contributed by atoms with Gasteiger partial charge in [-0.2, -0.15) is 26.3 Å². The Labute approximate surface area is 209 Å². The molecule has 2 aromatic rings. The van der Waals surface area contributed by atoms with Crippen LogP contribution >= 0.6 is 11.3 Å². The second kappa shape index (κ2) is 12.0. The molecule has 0 radical (unpaired) electrons. The monoisotopic (exact) mass is 561 g/mol. The molecule has 0 bridgehead atoms. The van der Waals surface area contributed by atoms with Gasteiger partial charge in [0.15, 0.2) is 5.82 Å². The summed E-state index contributed by atoms with van der Waals surface area (Å²) in [7, 11) is 0. The smallest absolute Gasteiger partial charge is 0.475 e. The minimum absolute atomic E-state index is 0.314. The number of aromatic nitrogens is 3.